The molecule has 0 saturated heterocycles. The first-order valence-electron chi connectivity index (χ1n) is 5.68. The number of aryl methyl sites for hydroxylation is 3. The molecule has 0 amide bonds. The van der Waals surface area contributed by atoms with Crippen LogP contribution in [0.15, 0.2) is 0 Å². The van der Waals surface area contributed by atoms with E-state index in [1.807, 2.05) is 39.5 Å². The lowest BCUT2D eigenvalue weighted by atomic mass is 10.2. The summed E-state index contributed by atoms with van der Waals surface area (Å²) < 4.78 is 2.92. The predicted molar refractivity (Wildman–Crippen MR) is 80.7 cm³/mol. The fourth-order valence-corrected chi connectivity index (χ4v) is 2.44. The third kappa shape index (κ3) is 2.09. The van der Waals surface area contributed by atoms with Gasteiger partial charge in [-0.3, -0.25) is 4.68 Å². The summed E-state index contributed by atoms with van der Waals surface area (Å²) in [7, 11) is 3.81. The van der Waals surface area contributed by atoms with E-state index < -0.39 is 0 Å². The lowest BCUT2D eigenvalue weighted by molar-refractivity contribution is 0.731. The van der Waals surface area contributed by atoms with Crippen LogP contribution in [0.25, 0.3) is 11.4 Å². The van der Waals surface area contributed by atoms with E-state index in [0.29, 0.717) is 0 Å². The first-order valence-corrected chi connectivity index (χ1v) is 6.76. The molecule has 0 unspecified atom stereocenters. The largest absolute Gasteiger partial charge is 0.372 e. The highest BCUT2D eigenvalue weighted by Gasteiger charge is 2.17. The molecule has 6 heteroatoms. The molecular formula is C12H16IN5. The maximum absolute atomic E-state index is 4.57. The summed E-state index contributed by atoms with van der Waals surface area (Å²) in [6.07, 6.45) is 0. The minimum absolute atomic E-state index is 0.736. The van der Waals surface area contributed by atoms with Crippen molar-refractivity contribution in [3.05, 3.63) is 20.7 Å². The van der Waals surface area contributed by atoms with Gasteiger partial charge in [-0.2, -0.15) is 5.10 Å². The molecule has 0 aliphatic rings. The van der Waals surface area contributed by atoms with Crippen LogP contribution in [0, 0.1) is 24.3 Å². The van der Waals surface area contributed by atoms with Crippen molar-refractivity contribution < 1.29 is 0 Å². The first kappa shape index (κ1) is 13.3. The first-order chi connectivity index (χ1) is 8.45. The van der Waals surface area contributed by atoms with Crippen molar-refractivity contribution in [2.75, 3.05) is 12.4 Å². The Balaban J connectivity index is 2.68. The molecule has 2 heterocycles. The number of halogens is 1. The monoisotopic (exact) mass is 357 g/mol. The molecule has 0 radical (unpaired) electrons. The number of nitrogens with one attached hydrogen (secondary N) is 1. The molecule has 0 atom stereocenters. The van der Waals surface area contributed by atoms with Gasteiger partial charge in [-0.1, -0.05) is 0 Å². The fraction of sp³-hybridized carbons (Fsp3) is 0.417. The number of rotatable bonds is 2. The molecule has 0 aliphatic heterocycles. The van der Waals surface area contributed by atoms with E-state index in [1.54, 1.807) is 0 Å². The van der Waals surface area contributed by atoms with Crippen molar-refractivity contribution in [2.45, 2.75) is 20.8 Å². The number of nitrogens with zero attached hydrogens (tertiary/aromatic N) is 4. The lowest BCUT2D eigenvalue weighted by Gasteiger charge is -2.08. The van der Waals surface area contributed by atoms with Gasteiger partial charge in [-0.25, -0.2) is 9.97 Å². The molecule has 2 aromatic heterocycles. The van der Waals surface area contributed by atoms with Gasteiger partial charge in [-0.15, -0.1) is 0 Å². The van der Waals surface area contributed by atoms with Crippen LogP contribution >= 0.6 is 22.6 Å². The summed E-state index contributed by atoms with van der Waals surface area (Å²) in [6.45, 7) is 6.01. The molecule has 2 aromatic rings. The Bertz CT molecular complexity index is 603. The van der Waals surface area contributed by atoms with Gasteiger partial charge in [0.2, 0.25) is 0 Å². The third-order valence-corrected chi connectivity index (χ3v) is 4.28. The Labute approximate surface area is 120 Å². The molecule has 0 saturated carbocycles. The summed E-state index contributed by atoms with van der Waals surface area (Å²) in [6, 6.07) is 0. The van der Waals surface area contributed by atoms with Gasteiger partial charge >= 0.3 is 0 Å². The Morgan fingerprint density at radius 1 is 1.11 bits per heavy atom. The Hall–Kier alpha value is -1.18. The number of hydrogen-bond donors (Lipinski definition) is 1. The highest BCUT2D eigenvalue weighted by Crippen LogP contribution is 2.27. The maximum Gasteiger partial charge on any atom is 0.165 e. The standard InChI is InChI=1S/C12H16IN5/c1-6-9(8(3)18(5)17-6)11-15-7(2)10(13)12(14-4)16-11/h1-5H3,(H,14,15,16). The van der Waals surface area contributed by atoms with Crippen molar-refractivity contribution in [1.82, 2.24) is 19.7 Å². The van der Waals surface area contributed by atoms with Gasteiger partial charge in [0, 0.05) is 19.8 Å². The number of aromatic nitrogens is 4. The summed E-state index contributed by atoms with van der Waals surface area (Å²) in [4.78, 5) is 9.15. The van der Waals surface area contributed by atoms with E-state index in [-0.39, 0.29) is 0 Å². The quantitative estimate of drug-likeness (QED) is 0.839. The summed E-state index contributed by atoms with van der Waals surface area (Å²) in [5, 5.41) is 7.52. The van der Waals surface area contributed by atoms with E-state index in [1.165, 1.54) is 0 Å². The van der Waals surface area contributed by atoms with E-state index in [2.05, 4.69) is 43.0 Å². The number of anilines is 1. The highest BCUT2D eigenvalue weighted by atomic mass is 127. The number of hydrogen-bond acceptors (Lipinski definition) is 4. The van der Waals surface area contributed by atoms with Crippen LogP contribution in [-0.2, 0) is 7.05 Å². The van der Waals surface area contributed by atoms with Crippen molar-refractivity contribution in [3.8, 4) is 11.4 Å². The molecule has 18 heavy (non-hydrogen) atoms. The molecule has 0 aliphatic carbocycles. The van der Waals surface area contributed by atoms with Crippen LogP contribution in [0.3, 0.4) is 0 Å². The van der Waals surface area contributed by atoms with Gasteiger partial charge in [0.05, 0.1) is 20.5 Å². The van der Waals surface area contributed by atoms with Gasteiger partial charge in [-0.05, 0) is 43.4 Å². The van der Waals surface area contributed by atoms with Gasteiger partial charge < -0.3 is 5.32 Å². The molecule has 96 valence electrons. The van der Waals surface area contributed by atoms with E-state index in [4.69, 9.17) is 0 Å². The predicted octanol–water partition coefficient (Wildman–Crippen LogP) is 2.45. The van der Waals surface area contributed by atoms with Crippen LogP contribution < -0.4 is 5.32 Å². The second-order valence-electron chi connectivity index (χ2n) is 4.21. The molecule has 5 nitrogen and oxygen atoms in total. The molecule has 2 rings (SSSR count). The Morgan fingerprint density at radius 2 is 1.78 bits per heavy atom. The van der Waals surface area contributed by atoms with Crippen LogP contribution in [0.4, 0.5) is 5.82 Å². The zero-order chi connectivity index (χ0) is 13.4. The zero-order valence-corrected chi connectivity index (χ0v) is 13.3. The molecule has 0 bridgehead atoms. The van der Waals surface area contributed by atoms with Crippen molar-refractivity contribution in [2.24, 2.45) is 7.05 Å². The van der Waals surface area contributed by atoms with E-state index in [9.17, 15) is 0 Å². The minimum Gasteiger partial charge on any atom is -0.372 e. The molecule has 0 spiro atoms. The smallest absolute Gasteiger partial charge is 0.165 e. The average Bonchev–Trinajstić information content (AvgIpc) is 2.57. The van der Waals surface area contributed by atoms with Crippen LogP contribution in [0.1, 0.15) is 17.1 Å². The van der Waals surface area contributed by atoms with Crippen molar-refractivity contribution >= 4 is 28.4 Å². The van der Waals surface area contributed by atoms with E-state index in [0.717, 1.165) is 37.9 Å². The Morgan fingerprint density at radius 3 is 2.28 bits per heavy atom. The van der Waals surface area contributed by atoms with Crippen LogP contribution in [-0.4, -0.2) is 26.8 Å². The maximum atomic E-state index is 4.57. The Kier molecular flexibility index (Phi) is 3.56. The second-order valence-corrected chi connectivity index (χ2v) is 5.29. The average molecular weight is 357 g/mol. The lowest BCUT2D eigenvalue weighted by Crippen LogP contribution is -2.03. The topological polar surface area (TPSA) is 55.6 Å². The minimum atomic E-state index is 0.736. The second kappa shape index (κ2) is 4.83. The van der Waals surface area contributed by atoms with Crippen LogP contribution in [0.2, 0.25) is 0 Å². The summed E-state index contributed by atoms with van der Waals surface area (Å²) >= 11 is 2.26. The molecular weight excluding hydrogens is 341 g/mol. The zero-order valence-electron chi connectivity index (χ0n) is 11.2. The van der Waals surface area contributed by atoms with Crippen LogP contribution in [0.5, 0.6) is 0 Å². The van der Waals surface area contributed by atoms with Gasteiger partial charge in [0.15, 0.2) is 5.82 Å². The summed E-state index contributed by atoms with van der Waals surface area (Å²) in [5.41, 5.74) is 4.04. The van der Waals surface area contributed by atoms with Crippen molar-refractivity contribution in [1.29, 1.82) is 0 Å². The van der Waals surface area contributed by atoms with Gasteiger partial charge in [0.25, 0.3) is 0 Å². The van der Waals surface area contributed by atoms with E-state index >= 15 is 0 Å². The highest BCUT2D eigenvalue weighted by molar-refractivity contribution is 14.1. The summed E-state index contributed by atoms with van der Waals surface area (Å²) in [5.74, 6) is 1.60. The molecule has 0 fully saturated rings. The SMILES string of the molecule is CNc1nc(-c2c(C)nn(C)c2C)nc(C)c1I. The molecule has 1 N–H and O–H groups in total. The third-order valence-electron chi connectivity index (χ3n) is 2.99. The normalized spacial score (nSPS) is 10.8. The molecule has 0 aromatic carbocycles. The fourth-order valence-electron chi connectivity index (χ4n) is 1.93. The van der Waals surface area contributed by atoms with Crippen molar-refractivity contribution in [3.63, 3.8) is 0 Å². The van der Waals surface area contributed by atoms with Gasteiger partial charge in [0.1, 0.15) is 5.82 Å².